The molecule has 0 saturated heterocycles. The Balaban J connectivity index is 3.18. The summed E-state index contributed by atoms with van der Waals surface area (Å²) in [7, 11) is 0. The van der Waals surface area contributed by atoms with Gasteiger partial charge < -0.3 is 10.3 Å². The highest BCUT2D eigenvalue weighted by molar-refractivity contribution is 5.23. The molecule has 0 radical (unpaired) electrons. The van der Waals surface area contributed by atoms with Gasteiger partial charge in [-0.1, -0.05) is 20.8 Å². The molecule has 1 aromatic heterocycles. The van der Waals surface area contributed by atoms with Gasteiger partial charge in [-0.25, -0.2) is 0 Å². The third-order valence-electron chi connectivity index (χ3n) is 2.58. The molecule has 0 aliphatic rings. The first kappa shape index (κ1) is 11.8. The summed E-state index contributed by atoms with van der Waals surface area (Å²) in [6.07, 6.45) is 1.93. The molecule has 2 unspecified atom stereocenters. The maximum atomic E-state index is 8.99. The molecule has 1 heterocycles. The lowest BCUT2D eigenvalue weighted by molar-refractivity contribution is 0.212. The van der Waals surface area contributed by atoms with Crippen LogP contribution in [0.1, 0.15) is 39.4 Å². The number of nitrogens with zero attached hydrogens (tertiary/aromatic N) is 2. The Morgan fingerprint density at radius 2 is 2.07 bits per heavy atom. The Morgan fingerprint density at radius 1 is 1.47 bits per heavy atom. The Kier molecular flexibility index (Phi) is 3.21. The van der Waals surface area contributed by atoms with Crippen LogP contribution >= 0.6 is 0 Å². The van der Waals surface area contributed by atoms with Crippen LogP contribution in [0.25, 0.3) is 0 Å². The molecule has 82 valence electrons. The Labute approximate surface area is 91.5 Å². The van der Waals surface area contributed by atoms with Crippen molar-refractivity contribution >= 4 is 0 Å². The maximum absolute atomic E-state index is 8.99. The molecule has 0 aliphatic heterocycles. The van der Waals surface area contributed by atoms with Crippen LogP contribution in [0.5, 0.6) is 0 Å². The van der Waals surface area contributed by atoms with Gasteiger partial charge in [-0.3, -0.25) is 0 Å². The van der Waals surface area contributed by atoms with Crippen molar-refractivity contribution in [3.8, 4) is 6.07 Å². The number of nitriles is 1. The van der Waals surface area contributed by atoms with Crippen LogP contribution < -0.4 is 5.73 Å². The van der Waals surface area contributed by atoms with Crippen LogP contribution in [0.4, 0.5) is 0 Å². The number of rotatable bonds is 2. The molecule has 0 amide bonds. The SMILES string of the molecule is CC(N)C(n1cccc1C#N)C(C)(C)C. The van der Waals surface area contributed by atoms with E-state index in [1.807, 2.05) is 29.8 Å². The van der Waals surface area contributed by atoms with Gasteiger partial charge in [-0.2, -0.15) is 5.26 Å². The summed E-state index contributed by atoms with van der Waals surface area (Å²) in [5, 5.41) is 8.99. The molecule has 0 aliphatic carbocycles. The van der Waals surface area contributed by atoms with Crippen molar-refractivity contribution in [3.05, 3.63) is 24.0 Å². The summed E-state index contributed by atoms with van der Waals surface area (Å²) in [4.78, 5) is 0. The lowest BCUT2D eigenvalue weighted by atomic mass is 9.82. The zero-order valence-electron chi connectivity index (χ0n) is 9.86. The van der Waals surface area contributed by atoms with E-state index < -0.39 is 0 Å². The summed E-state index contributed by atoms with van der Waals surface area (Å²) in [5.41, 5.74) is 6.72. The Bertz CT molecular complexity index is 363. The van der Waals surface area contributed by atoms with E-state index >= 15 is 0 Å². The van der Waals surface area contributed by atoms with E-state index in [2.05, 4.69) is 26.8 Å². The number of hydrogen-bond acceptors (Lipinski definition) is 2. The molecule has 1 aromatic rings. The molecule has 0 saturated carbocycles. The van der Waals surface area contributed by atoms with E-state index in [4.69, 9.17) is 11.0 Å². The zero-order valence-corrected chi connectivity index (χ0v) is 9.86. The van der Waals surface area contributed by atoms with Gasteiger partial charge in [0.1, 0.15) is 11.8 Å². The van der Waals surface area contributed by atoms with E-state index in [-0.39, 0.29) is 17.5 Å². The lowest BCUT2D eigenvalue weighted by Crippen LogP contribution is -2.38. The quantitative estimate of drug-likeness (QED) is 0.805. The van der Waals surface area contributed by atoms with Gasteiger partial charge >= 0.3 is 0 Å². The van der Waals surface area contributed by atoms with Crippen molar-refractivity contribution in [2.24, 2.45) is 11.1 Å². The third kappa shape index (κ3) is 2.40. The molecule has 3 heteroatoms. The van der Waals surface area contributed by atoms with Crippen LogP contribution in [0, 0.1) is 16.7 Å². The molecular formula is C12H19N3. The van der Waals surface area contributed by atoms with Crippen molar-refractivity contribution in [1.29, 1.82) is 5.26 Å². The summed E-state index contributed by atoms with van der Waals surface area (Å²) in [6.45, 7) is 8.41. The third-order valence-corrected chi connectivity index (χ3v) is 2.58. The smallest absolute Gasteiger partial charge is 0.120 e. The summed E-state index contributed by atoms with van der Waals surface area (Å²) >= 11 is 0. The van der Waals surface area contributed by atoms with Crippen LogP contribution in [-0.4, -0.2) is 10.6 Å². The van der Waals surface area contributed by atoms with E-state index in [0.29, 0.717) is 5.69 Å². The van der Waals surface area contributed by atoms with Gasteiger partial charge in [-0.05, 0) is 24.5 Å². The molecule has 0 aromatic carbocycles. The zero-order chi connectivity index (χ0) is 11.6. The number of aromatic nitrogens is 1. The lowest BCUT2D eigenvalue weighted by Gasteiger charge is -2.35. The first-order chi connectivity index (χ1) is 6.88. The molecule has 0 fully saturated rings. The average Bonchev–Trinajstić information content (AvgIpc) is 2.48. The van der Waals surface area contributed by atoms with E-state index in [9.17, 15) is 0 Å². The van der Waals surface area contributed by atoms with Crippen LogP contribution in [0.15, 0.2) is 18.3 Å². The van der Waals surface area contributed by atoms with Gasteiger partial charge in [0.05, 0.1) is 6.04 Å². The van der Waals surface area contributed by atoms with Crippen LogP contribution in [0.2, 0.25) is 0 Å². The first-order valence-electron chi connectivity index (χ1n) is 5.20. The van der Waals surface area contributed by atoms with Crippen molar-refractivity contribution < 1.29 is 0 Å². The van der Waals surface area contributed by atoms with Crippen LogP contribution in [-0.2, 0) is 0 Å². The van der Waals surface area contributed by atoms with Gasteiger partial charge in [0.2, 0.25) is 0 Å². The van der Waals surface area contributed by atoms with Gasteiger partial charge in [-0.15, -0.1) is 0 Å². The molecule has 2 N–H and O–H groups in total. The minimum Gasteiger partial charge on any atom is -0.334 e. The minimum atomic E-state index is 0.0181. The molecule has 0 bridgehead atoms. The predicted octanol–water partition coefficient (Wildman–Crippen LogP) is 2.29. The van der Waals surface area contributed by atoms with Gasteiger partial charge in [0.15, 0.2) is 0 Å². The van der Waals surface area contributed by atoms with Gasteiger partial charge in [0, 0.05) is 12.2 Å². The molecule has 2 atom stereocenters. The maximum Gasteiger partial charge on any atom is 0.120 e. The number of nitrogens with two attached hydrogens (primary N) is 1. The fourth-order valence-electron chi connectivity index (χ4n) is 2.19. The summed E-state index contributed by atoms with van der Waals surface area (Å²) in [6, 6.07) is 6.06. The second kappa shape index (κ2) is 4.08. The molecule has 15 heavy (non-hydrogen) atoms. The second-order valence-electron chi connectivity index (χ2n) is 5.08. The Hall–Kier alpha value is -1.27. The normalized spacial score (nSPS) is 15.7. The fourth-order valence-corrected chi connectivity index (χ4v) is 2.19. The molecular weight excluding hydrogens is 186 g/mol. The standard InChI is InChI=1S/C12H19N3/c1-9(14)11(12(2,3)4)15-7-5-6-10(15)8-13/h5-7,9,11H,14H2,1-4H3. The van der Waals surface area contributed by atoms with Gasteiger partial charge in [0.25, 0.3) is 0 Å². The largest absolute Gasteiger partial charge is 0.334 e. The molecule has 1 rings (SSSR count). The number of hydrogen-bond donors (Lipinski definition) is 1. The first-order valence-corrected chi connectivity index (χ1v) is 5.20. The predicted molar refractivity (Wildman–Crippen MR) is 61.3 cm³/mol. The monoisotopic (exact) mass is 205 g/mol. The average molecular weight is 205 g/mol. The minimum absolute atomic E-state index is 0.0181. The second-order valence-corrected chi connectivity index (χ2v) is 5.08. The van der Waals surface area contributed by atoms with Crippen molar-refractivity contribution in [2.45, 2.75) is 39.8 Å². The Morgan fingerprint density at radius 3 is 2.47 bits per heavy atom. The topological polar surface area (TPSA) is 54.7 Å². The highest BCUT2D eigenvalue weighted by atomic mass is 15.0. The van der Waals surface area contributed by atoms with E-state index in [1.165, 1.54) is 0 Å². The highest BCUT2D eigenvalue weighted by Crippen LogP contribution is 2.33. The van der Waals surface area contributed by atoms with Crippen molar-refractivity contribution in [3.63, 3.8) is 0 Å². The highest BCUT2D eigenvalue weighted by Gasteiger charge is 2.30. The van der Waals surface area contributed by atoms with E-state index in [1.54, 1.807) is 0 Å². The summed E-state index contributed by atoms with van der Waals surface area (Å²) in [5.74, 6) is 0. The van der Waals surface area contributed by atoms with Crippen molar-refractivity contribution in [2.75, 3.05) is 0 Å². The van der Waals surface area contributed by atoms with E-state index in [0.717, 1.165) is 0 Å². The fraction of sp³-hybridized carbons (Fsp3) is 0.583. The molecule has 0 spiro atoms. The molecule has 3 nitrogen and oxygen atoms in total. The van der Waals surface area contributed by atoms with Crippen molar-refractivity contribution in [1.82, 2.24) is 4.57 Å². The van der Waals surface area contributed by atoms with Crippen LogP contribution in [0.3, 0.4) is 0 Å². The summed E-state index contributed by atoms with van der Waals surface area (Å²) < 4.78 is 1.98.